The zero-order valence-electron chi connectivity index (χ0n) is 10.7. The average Bonchev–Trinajstić information content (AvgIpc) is 2.88. The van der Waals surface area contributed by atoms with Crippen LogP contribution in [0.2, 0.25) is 0 Å². The number of Topliss-reactive ketones (excluding diaryl/α,β-unsaturated/α-hetero) is 1. The highest BCUT2D eigenvalue weighted by molar-refractivity contribution is 6.02. The van der Waals surface area contributed by atoms with Gasteiger partial charge in [-0.25, -0.2) is 0 Å². The van der Waals surface area contributed by atoms with Crippen LogP contribution in [-0.4, -0.2) is 18.5 Å². The molecule has 1 fully saturated rings. The van der Waals surface area contributed by atoms with Gasteiger partial charge in [-0.2, -0.15) is 0 Å². The lowest BCUT2D eigenvalue weighted by Gasteiger charge is -2.25. The van der Waals surface area contributed by atoms with Crippen LogP contribution in [0, 0.1) is 0 Å². The Morgan fingerprint density at radius 2 is 2.06 bits per heavy atom. The lowest BCUT2D eigenvalue weighted by Crippen LogP contribution is -2.37. The standard InChI is InChI=1S/C15H20O2/c1-3-12-7-6-8-13(11-12)14(16)15(17-2)9-4-5-10-15/h6-8,11H,3-5,9-10H2,1-2H3. The molecule has 92 valence electrons. The van der Waals surface area contributed by atoms with E-state index in [4.69, 9.17) is 4.74 Å². The van der Waals surface area contributed by atoms with E-state index in [1.807, 2.05) is 18.2 Å². The van der Waals surface area contributed by atoms with Crippen molar-refractivity contribution < 1.29 is 9.53 Å². The quantitative estimate of drug-likeness (QED) is 0.744. The molecule has 0 aromatic heterocycles. The molecule has 0 heterocycles. The first kappa shape index (κ1) is 12.3. The molecule has 0 amide bonds. The average molecular weight is 232 g/mol. The first-order valence-electron chi connectivity index (χ1n) is 6.41. The Kier molecular flexibility index (Phi) is 3.63. The molecule has 2 rings (SSSR count). The lowest BCUT2D eigenvalue weighted by molar-refractivity contribution is 0.00602. The molecule has 2 heteroatoms. The number of rotatable bonds is 4. The van der Waals surface area contributed by atoms with Crippen LogP contribution < -0.4 is 0 Å². The second-order valence-electron chi connectivity index (χ2n) is 4.79. The minimum absolute atomic E-state index is 0.160. The predicted molar refractivity (Wildman–Crippen MR) is 68.4 cm³/mol. The highest BCUT2D eigenvalue weighted by Gasteiger charge is 2.41. The molecule has 0 bridgehead atoms. The Bertz CT molecular complexity index is 403. The number of ether oxygens (including phenoxy) is 1. The van der Waals surface area contributed by atoms with Crippen molar-refractivity contribution in [2.45, 2.75) is 44.6 Å². The third kappa shape index (κ3) is 2.27. The molecule has 0 N–H and O–H groups in total. The molecule has 1 aliphatic rings. The van der Waals surface area contributed by atoms with Gasteiger partial charge in [0.15, 0.2) is 5.78 Å². The van der Waals surface area contributed by atoms with Gasteiger partial charge in [0.2, 0.25) is 0 Å². The van der Waals surface area contributed by atoms with Gasteiger partial charge in [0.05, 0.1) is 0 Å². The maximum absolute atomic E-state index is 12.5. The fourth-order valence-electron chi connectivity index (χ4n) is 2.67. The van der Waals surface area contributed by atoms with Crippen molar-refractivity contribution in [3.8, 4) is 0 Å². The van der Waals surface area contributed by atoms with Gasteiger partial charge in [-0.15, -0.1) is 0 Å². The van der Waals surface area contributed by atoms with Crippen LogP contribution in [0.15, 0.2) is 24.3 Å². The first-order valence-corrected chi connectivity index (χ1v) is 6.41. The summed E-state index contributed by atoms with van der Waals surface area (Å²) in [4.78, 5) is 12.5. The number of benzene rings is 1. The molecule has 0 atom stereocenters. The topological polar surface area (TPSA) is 26.3 Å². The number of ketones is 1. The van der Waals surface area contributed by atoms with Crippen molar-refractivity contribution in [1.29, 1.82) is 0 Å². The summed E-state index contributed by atoms with van der Waals surface area (Å²) < 4.78 is 5.54. The van der Waals surface area contributed by atoms with Crippen LogP contribution in [0.3, 0.4) is 0 Å². The molecule has 0 spiro atoms. The molecular formula is C15H20O2. The molecule has 17 heavy (non-hydrogen) atoms. The van der Waals surface area contributed by atoms with Crippen LogP contribution in [0.1, 0.15) is 48.5 Å². The highest BCUT2D eigenvalue weighted by atomic mass is 16.5. The predicted octanol–water partition coefficient (Wildman–Crippen LogP) is 3.39. The lowest BCUT2D eigenvalue weighted by atomic mass is 9.90. The van der Waals surface area contributed by atoms with E-state index in [1.165, 1.54) is 5.56 Å². The van der Waals surface area contributed by atoms with Crippen LogP contribution in [0.4, 0.5) is 0 Å². The van der Waals surface area contributed by atoms with Crippen molar-refractivity contribution in [1.82, 2.24) is 0 Å². The molecule has 0 aliphatic heterocycles. The van der Waals surface area contributed by atoms with Crippen molar-refractivity contribution >= 4 is 5.78 Å². The zero-order chi connectivity index (χ0) is 12.3. The fraction of sp³-hybridized carbons (Fsp3) is 0.533. The van der Waals surface area contributed by atoms with Gasteiger partial charge in [0.1, 0.15) is 5.60 Å². The van der Waals surface area contributed by atoms with E-state index in [0.29, 0.717) is 0 Å². The van der Waals surface area contributed by atoms with Gasteiger partial charge in [-0.05, 0) is 43.7 Å². The van der Waals surface area contributed by atoms with E-state index in [2.05, 4.69) is 13.0 Å². The second-order valence-corrected chi connectivity index (χ2v) is 4.79. The summed E-state index contributed by atoms with van der Waals surface area (Å²) in [5.41, 5.74) is 1.46. The molecule has 0 unspecified atom stereocenters. The number of methoxy groups -OCH3 is 1. The van der Waals surface area contributed by atoms with Crippen molar-refractivity contribution in [2.24, 2.45) is 0 Å². The monoisotopic (exact) mass is 232 g/mol. The Labute approximate surface area is 103 Å². The van der Waals surface area contributed by atoms with Crippen LogP contribution in [0.25, 0.3) is 0 Å². The largest absolute Gasteiger partial charge is 0.370 e. The van der Waals surface area contributed by atoms with Gasteiger partial charge in [0, 0.05) is 12.7 Å². The highest BCUT2D eigenvalue weighted by Crippen LogP contribution is 2.35. The Morgan fingerprint density at radius 1 is 1.35 bits per heavy atom. The summed E-state index contributed by atoms with van der Waals surface area (Å²) in [7, 11) is 1.66. The first-order chi connectivity index (χ1) is 8.22. The SMILES string of the molecule is CCc1cccc(C(=O)C2(OC)CCCC2)c1. The molecule has 1 aromatic rings. The summed E-state index contributed by atoms with van der Waals surface area (Å²) in [6, 6.07) is 7.93. The van der Waals surface area contributed by atoms with E-state index in [0.717, 1.165) is 37.7 Å². The summed E-state index contributed by atoms with van der Waals surface area (Å²) in [5, 5.41) is 0. The number of aryl methyl sites for hydroxylation is 1. The van der Waals surface area contributed by atoms with Gasteiger partial charge in [0.25, 0.3) is 0 Å². The number of carbonyl (C=O) groups excluding carboxylic acids is 1. The zero-order valence-corrected chi connectivity index (χ0v) is 10.7. The van der Waals surface area contributed by atoms with Gasteiger partial charge >= 0.3 is 0 Å². The fourth-order valence-corrected chi connectivity index (χ4v) is 2.67. The van der Waals surface area contributed by atoms with Crippen molar-refractivity contribution in [3.63, 3.8) is 0 Å². The molecule has 1 aromatic carbocycles. The second kappa shape index (κ2) is 5.01. The Balaban J connectivity index is 2.29. The van der Waals surface area contributed by atoms with Crippen LogP contribution >= 0.6 is 0 Å². The molecule has 0 saturated heterocycles. The summed E-state index contributed by atoms with van der Waals surface area (Å²) in [6.45, 7) is 2.10. The Hall–Kier alpha value is -1.15. The minimum atomic E-state index is -0.549. The molecule has 0 radical (unpaired) electrons. The summed E-state index contributed by atoms with van der Waals surface area (Å²) in [5.74, 6) is 0.160. The van der Waals surface area contributed by atoms with Crippen molar-refractivity contribution in [2.75, 3.05) is 7.11 Å². The van der Waals surface area contributed by atoms with E-state index < -0.39 is 5.60 Å². The number of hydrogen-bond acceptors (Lipinski definition) is 2. The maximum atomic E-state index is 12.5. The van der Waals surface area contributed by atoms with Gasteiger partial charge in [-0.1, -0.05) is 25.1 Å². The summed E-state index contributed by atoms with van der Waals surface area (Å²) >= 11 is 0. The normalized spacial score (nSPS) is 18.2. The van der Waals surface area contributed by atoms with E-state index in [1.54, 1.807) is 7.11 Å². The third-order valence-corrected chi connectivity index (χ3v) is 3.81. The Morgan fingerprint density at radius 3 is 2.65 bits per heavy atom. The van der Waals surface area contributed by atoms with Gasteiger partial charge < -0.3 is 4.74 Å². The molecule has 2 nitrogen and oxygen atoms in total. The number of carbonyl (C=O) groups is 1. The van der Waals surface area contributed by atoms with Crippen LogP contribution in [-0.2, 0) is 11.2 Å². The summed E-state index contributed by atoms with van der Waals surface area (Å²) in [6.07, 6.45) is 4.86. The molecule has 1 aliphatic carbocycles. The van der Waals surface area contributed by atoms with Crippen molar-refractivity contribution in [3.05, 3.63) is 35.4 Å². The van der Waals surface area contributed by atoms with E-state index >= 15 is 0 Å². The number of hydrogen-bond donors (Lipinski definition) is 0. The molecule has 1 saturated carbocycles. The van der Waals surface area contributed by atoms with Crippen LogP contribution in [0.5, 0.6) is 0 Å². The maximum Gasteiger partial charge on any atom is 0.194 e. The van der Waals surface area contributed by atoms with Gasteiger partial charge in [-0.3, -0.25) is 4.79 Å². The van der Waals surface area contributed by atoms with E-state index in [9.17, 15) is 4.79 Å². The van der Waals surface area contributed by atoms with E-state index in [-0.39, 0.29) is 5.78 Å². The minimum Gasteiger partial charge on any atom is -0.370 e. The third-order valence-electron chi connectivity index (χ3n) is 3.81. The molecular weight excluding hydrogens is 212 g/mol. The smallest absolute Gasteiger partial charge is 0.194 e.